The molecule has 1 aromatic rings. The monoisotopic (exact) mass is 371 g/mol. The first-order chi connectivity index (χ1) is 12.5. The molecule has 1 amide bonds. The van der Waals surface area contributed by atoms with Crippen molar-refractivity contribution in [3.8, 4) is 0 Å². The van der Waals surface area contributed by atoms with Crippen LogP contribution in [0.1, 0.15) is 45.9 Å². The minimum absolute atomic E-state index is 0.0136. The normalized spacial score (nSPS) is 17.0. The van der Waals surface area contributed by atoms with Crippen molar-refractivity contribution < 1.29 is 4.79 Å². The SMILES string of the molecule is CCn1c(SC(C)(C)C(=O)NC2=CC=CCC2)nnc1C1=CC=NCC1. The van der Waals surface area contributed by atoms with Gasteiger partial charge in [0.25, 0.3) is 0 Å². The molecular weight excluding hydrogens is 346 g/mol. The number of hydrogen-bond acceptors (Lipinski definition) is 5. The Hall–Kier alpha value is -2.15. The summed E-state index contributed by atoms with van der Waals surface area (Å²) >= 11 is 1.45. The Balaban J connectivity index is 1.76. The third kappa shape index (κ3) is 4.15. The van der Waals surface area contributed by atoms with Gasteiger partial charge in [0, 0.05) is 30.6 Å². The van der Waals surface area contributed by atoms with Crippen LogP contribution in [0.3, 0.4) is 0 Å². The zero-order valence-electron chi connectivity index (χ0n) is 15.5. The lowest BCUT2D eigenvalue weighted by Crippen LogP contribution is -2.39. The fourth-order valence-corrected chi connectivity index (χ4v) is 3.84. The van der Waals surface area contributed by atoms with E-state index in [4.69, 9.17) is 0 Å². The highest BCUT2D eigenvalue weighted by molar-refractivity contribution is 8.01. The summed E-state index contributed by atoms with van der Waals surface area (Å²) in [6.45, 7) is 7.45. The summed E-state index contributed by atoms with van der Waals surface area (Å²) in [5.41, 5.74) is 2.11. The number of hydrogen-bond donors (Lipinski definition) is 1. The number of aliphatic imine (C=N–C) groups is 1. The number of aromatic nitrogens is 3. The van der Waals surface area contributed by atoms with Gasteiger partial charge in [-0.25, -0.2) is 0 Å². The van der Waals surface area contributed by atoms with E-state index in [1.165, 1.54) is 11.8 Å². The molecule has 1 aliphatic heterocycles. The van der Waals surface area contributed by atoms with E-state index in [9.17, 15) is 4.79 Å². The molecule has 138 valence electrons. The average molecular weight is 372 g/mol. The van der Waals surface area contributed by atoms with E-state index in [2.05, 4.69) is 38.1 Å². The van der Waals surface area contributed by atoms with Crippen LogP contribution in [0, 0.1) is 0 Å². The van der Waals surface area contributed by atoms with E-state index in [1.54, 1.807) is 0 Å². The van der Waals surface area contributed by atoms with E-state index in [0.29, 0.717) is 0 Å². The van der Waals surface area contributed by atoms with Crippen LogP contribution in [0.5, 0.6) is 0 Å². The highest BCUT2D eigenvalue weighted by atomic mass is 32.2. The second-order valence-electron chi connectivity index (χ2n) is 6.77. The molecule has 3 rings (SSSR count). The van der Waals surface area contributed by atoms with Crippen LogP contribution in [0.15, 0.2) is 40.1 Å². The molecule has 0 bridgehead atoms. The molecular formula is C19H25N5OS. The molecule has 2 aliphatic rings. The Morgan fingerprint density at radius 1 is 1.31 bits per heavy atom. The number of amides is 1. The van der Waals surface area contributed by atoms with E-state index in [0.717, 1.165) is 54.6 Å². The van der Waals surface area contributed by atoms with Gasteiger partial charge in [-0.05, 0) is 52.2 Å². The Bertz CT molecular complexity index is 801. The van der Waals surface area contributed by atoms with Gasteiger partial charge in [0.15, 0.2) is 11.0 Å². The average Bonchev–Trinajstić information content (AvgIpc) is 3.05. The maximum absolute atomic E-state index is 12.8. The van der Waals surface area contributed by atoms with E-state index >= 15 is 0 Å². The predicted octanol–water partition coefficient (Wildman–Crippen LogP) is 3.38. The maximum atomic E-state index is 12.8. The van der Waals surface area contributed by atoms with Crippen molar-refractivity contribution >= 4 is 29.5 Å². The molecule has 0 fully saturated rings. The fraction of sp³-hybridized carbons (Fsp3) is 0.474. The predicted molar refractivity (Wildman–Crippen MR) is 106 cm³/mol. The van der Waals surface area contributed by atoms with Crippen molar-refractivity contribution in [1.82, 2.24) is 20.1 Å². The summed E-state index contributed by atoms with van der Waals surface area (Å²) in [5.74, 6) is 0.859. The van der Waals surface area contributed by atoms with Crippen LogP contribution < -0.4 is 5.32 Å². The molecule has 1 aromatic heterocycles. The molecule has 0 saturated carbocycles. The summed E-state index contributed by atoms with van der Waals surface area (Å²) in [7, 11) is 0. The lowest BCUT2D eigenvalue weighted by atomic mass is 10.1. The van der Waals surface area contributed by atoms with Crippen molar-refractivity contribution in [3.05, 3.63) is 35.8 Å². The second kappa shape index (κ2) is 8.03. The highest BCUT2D eigenvalue weighted by Gasteiger charge is 2.32. The minimum Gasteiger partial charge on any atom is -0.329 e. The Labute approximate surface area is 158 Å². The third-order valence-electron chi connectivity index (χ3n) is 4.39. The largest absolute Gasteiger partial charge is 0.329 e. The van der Waals surface area contributed by atoms with Crippen molar-refractivity contribution in [2.24, 2.45) is 4.99 Å². The first kappa shape index (κ1) is 18.6. The van der Waals surface area contributed by atoms with E-state index in [1.807, 2.05) is 38.3 Å². The van der Waals surface area contributed by atoms with Gasteiger partial charge in [-0.15, -0.1) is 10.2 Å². The van der Waals surface area contributed by atoms with Gasteiger partial charge in [-0.3, -0.25) is 9.79 Å². The summed E-state index contributed by atoms with van der Waals surface area (Å²) in [4.78, 5) is 17.0. The van der Waals surface area contributed by atoms with Crippen molar-refractivity contribution in [2.45, 2.75) is 56.5 Å². The molecule has 0 spiro atoms. The standard InChI is InChI=1S/C19H25N5OS/c1-4-24-16(14-10-12-20-13-11-14)22-23-18(24)26-19(2,3)17(25)21-15-8-6-5-7-9-15/h5-6,8,10,12H,4,7,9,11,13H2,1-3H3,(H,21,25). The van der Waals surface area contributed by atoms with Crippen molar-refractivity contribution in [2.75, 3.05) is 6.54 Å². The first-order valence-electron chi connectivity index (χ1n) is 9.00. The molecule has 0 saturated heterocycles. The quantitative estimate of drug-likeness (QED) is 0.778. The van der Waals surface area contributed by atoms with Gasteiger partial charge >= 0.3 is 0 Å². The Morgan fingerprint density at radius 3 is 2.81 bits per heavy atom. The third-order valence-corrected chi connectivity index (χ3v) is 5.57. The molecule has 1 N–H and O–H groups in total. The van der Waals surface area contributed by atoms with E-state index in [-0.39, 0.29) is 5.91 Å². The molecule has 0 radical (unpaired) electrons. The van der Waals surface area contributed by atoms with Gasteiger partial charge in [0.1, 0.15) is 0 Å². The molecule has 0 atom stereocenters. The number of allylic oxidation sites excluding steroid dienone is 5. The van der Waals surface area contributed by atoms with Crippen LogP contribution in [-0.2, 0) is 11.3 Å². The van der Waals surface area contributed by atoms with Crippen molar-refractivity contribution in [1.29, 1.82) is 0 Å². The Morgan fingerprint density at radius 2 is 2.15 bits per heavy atom. The number of carbonyl (C=O) groups is 1. The molecule has 6 nitrogen and oxygen atoms in total. The molecule has 7 heteroatoms. The van der Waals surface area contributed by atoms with Gasteiger partial charge in [0.05, 0.1) is 4.75 Å². The van der Waals surface area contributed by atoms with E-state index < -0.39 is 4.75 Å². The number of nitrogens with zero attached hydrogens (tertiary/aromatic N) is 4. The summed E-state index contributed by atoms with van der Waals surface area (Å²) in [6, 6.07) is 0. The molecule has 2 heterocycles. The summed E-state index contributed by atoms with van der Waals surface area (Å²) in [5, 5.41) is 12.6. The number of thioether (sulfide) groups is 1. The Kier molecular flexibility index (Phi) is 5.76. The van der Waals surface area contributed by atoms with Gasteiger partial charge < -0.3 is 9.88 Å². The topological polar surface area (TPSA) is 72.2 Å². The molecule has 0 aromatic carbocycles. The number of rotatable bonds is 6. The second-order valence-corrected chi connectivity index (χ2v) is 8.36. The van der Waals surface area contributed by atoms with Gasteiger partial charge in [0.2, 0.25) is 5.91 Å². The number of carbonyl (C=O) groups excluding carboxylic acids is 1. The zero-order chi connectivity index (χ0) is 18.6. The molecule has 26 heavy (non-hydrogen) atoms. The summed E-state index contributed by atoms with van der Waals surface area (Å²) in [6.07, 6.45) is 12.6. The highest BCUT2D eigenvalue weighted by Crippen LogP contribution is 2.33. The van der Waals surface area contributed by atoms with Gasteiger partial charge in [-0.2, -0.15) is 0 Å². The zero-order valence-corrected chi connectivity index (χ0v) is 16.3. The summed E-state index contributed by atoms with van der Waals surface area (Å²) < 4.78 is 1.43. The number of nitrogens with one attached hydrogen (secondary N) is 1. The first-order valence-corrected chi connectivity index (χ1v) is 9.81. The minimum atomic E-state index is -0.651. The van der Waals surface area contributed by atoms with Crippen molar-refractivity contribution in [3.63, 3.8) is 0 Å². The van der Waals surface area contributed by atoms with Crippen LogP contribution >= 0.6 is 11.8 Å². The fourth-order valence-electron chi connectivity index (χ4n) is 2.84. The van der Waals surface area contributed by atoms with Crippen LogP contribution in [0.2, 0.25) is 0 Å². The van der Waals surface area contributed by atoms with Crippen LogP contribution in [0.4, 0.5) is 0 Å². The lowest BCUT2D eigenvalue weighted by molar-refractivity contribution is -0.122. The van der Waals surface area contributed by atoms with Gasteiger partial charge in [-0.1, -0.05) is 23.9 Å². The van der Waals surface area contributed by atoms with Crippen LogP contribution in [-0.4, -0.2) is 38.2 Å². The smallest absolute Gasteiger partial charge is 0.240 e. The number of dihydropyridines is 1. The maximum Gasteiger partial charge on any atom is 0.240 e. The van der Waals surface area contributed by atoms with Crippen LogP contribution in [0.25, 0.3) is 5.57 Å². The lowest BCUT2D eigenvalue weighted by Gasteiger charge is -2.24. The molecule has 1 aliphatic carbocycles. The molecule has 0 unspecified atom stereocenters.